The van der Waals surface area contributed by atoms with Crippen LogP contribution >= 0.6 is 0 Å². The van der Waals surface area contributed by atoms with Crippen LogP contribution < -0.4 is 0 Å². The second-order valence-electron chi connectivity index (χ2n) is 17.5. The van der Waals surface area contributed by atoms with Gasteiger partial charge in [0.15, 0.2) is 0 Å². The van der Waals surface area contributed by atoms with Gasteiger partial charge in [0.05, 0.1) is 6.61 Å². The third kappa shape index (κ3) is 9.54. The lowest BCUT2D eigenvalue weighted by Crippen LogP contribution is -2.61. The van der Waals surface area contributed by atoms with E-state index in [2.05, 4.69) is 14.2 Å². The number of alkyl halides is 12. The van der Waals surface area contributed by atoms with E-state index in [-0.39, 0.29) is 54.5 Å². The molecule has 0 heterocycles. The molecule has 0 aliphatic heterocycles. The second-order valence-corrected chi connectivity index (χ2v) is 17.5. The van der Waals surface area contributed by atoms with Crippen LogP contribution in [0, 0.1) is 59.2 Å². The Labute approximate surface area is 319 Å². The fourth-order valence-corrected chi connectivity index (χ4v) is 9.85. The lowest BCUT2D eigenvalue weighted by atomic mass is 9.71. The van der Waals surface area contributed by atoms with Crippen LogP contribution in [0.1, 0.15) is 92.6 Å². The maximum Gasteiger partial charge on any atom is 0.510 e. The first kappa shape index (κ1) is 46.3. The minimum atomic E-state index is -5.81. The van der Waals surface area contributed by atoms with Crippen molar-refractivity contribution in [1.29, 1.82) is 0 Å². The van der Waals surface area contributed by atoms with Crippen LogP contribution in [0.5, 0.6) is 0 Å². The van der Waals surface area contributed by atoms with Crippen molar-refractivity contribution >= 4 is 6.16 Å². The third-order valence-corrected chi connectivity index (χ3v) is 13.1. The smallest absolute Gasteiger partial charge is 0.429 e. The van der Waals surface area contributed by atoms with Gasteiger partial charge in [-0.3, -0.25) is 0 Å². The molecule has 0 spiro atoms. The van der Waals surface area contributed by atoms with Crippen LogP contribution in [0.15, 0.2) is 30.3 Å². The molecule has 10 atom stereocenters. The van der Waals surface area contributed by atoms with E-state index in [1.165, 1.54) is 20.8 Å². The monoisotopic (exact) mass is 828 g/mol. The molecule has 322 valence electrons. The average molecular weight is 829 g/mol. The fourth-order valence-electron chi connectivity index (χ4n) is 9.85. The number of carbonyl (C=O) groups excluding carboxylic acids is 1. The molecule has 0 saturated heterocycles. The summed E-state index contributed by atoms with van der Waals surface area (Å²) in [5.41, 5.74) is -9.43. The van der Waals surface area contributed by atoms with Gasteiger partial charge in [-0.05, 0) is 118 Å². The number of benzene rings is 1. The zero-order chi connectivity index (χ0) is 42.4. The van der Waals surface area contributed by atoms with Crippen molar-refractivity contribution in [2.24, 2.45) is 59.2 Å². The van der Waals surface area contributed by atoms with E-state index in [9.17, 15) is 57.5 Å². The van der Waals surface area contributed by atoms with Gasteiger partial charge in [0.25, 0.3) is 5.60 Å². The van der Waals surface area contributed by atoms with Crippen LogP contribution in [0.4, 0.5) is 57.5 Å². The predicted molar refractivity (Wildman–Crippen MR) is 179 cm³/mol. The molecule has 5 nitrogen and oxygen atoms in total. The Morgan fingerprint density at radius 1 is 0.589 bits per heavy atom. The van der Waals surface area contributed by atoms with Gasteiger partial charge in [-0.1, -0.05) is 58.0 Å². The molecule has 4 bridgehead atoms. The molecule has 0 radical (unpaired) electrons. The molecule has 4 saturated carbocycles. The summed E-state index contributed by atoms with van der Waals surface area (Å²) in [6.07, 6.45) is -25.2. The van der Waals surface area contributed by atoms with Gasteiger partial charge < -0.3 is 18.9 Å². The van der Waals surface area contributed by atoms with Crippen molar-refractivity contribution in [3.8, 4) is 0 Å². The summed E-state index contributed by atoms with van der Waals surface area (Å²) in [7, 11) is 0. The summed E-state index contributed by atoms with van der Waals surface area (Å²) < 4.78 is 183. The number of hydrogen-bond acceptors (Lipinski definition) is 5. The fraction of sp³-hybridized carbons (Fsp3) is 0.821. The highest BCUT2D eigenvalue weighted by Gasteiger charge is 2.76. The van der Waals surface area contributed by atoms with Crippen molar-refractivity contribution in [2.75, 3.05) is 6.79 Å². The van der Waals surface area contributed by atoms with Gasteiger partial charge in [-0.15, -0.1) is 0 Å². The van der Waals surface area contributed by atoms with E-state index in [1.807, 2.05) is 27.7 Å². The number of fused-ring (bicyclic) bond motifs is 4. The lowest BCUT2D eigenvalue weighted by molar-refractivity contribution is -0.399. The van der Waals surface area contributed by atoms with E-state index >= 15 is 0 Å². The molecule has 10 unspecified atom stereocenters. The molecule has 4 fully saturated rings. The van der Waals surface area contributed by atoms with Gasteiger partial charge in [0, 0.05) is 6.42 Å². The molecule has 0 N–H and O–H groups in total. The summed E-state index contributed by atoms with van der Waals surface area (Å²) in [4.78, 5) is 11.8. The van der Waals surface area contributed by atoms with Crippen molar-refractivity contribution in [1.82, 2.24) is 0 Å². The minimum absolute atomic E-state index is 0.0365. The van der Waals surface area contributed by atoms with E-state index in [4.69, 9.17) is 4.74 Å². The Morgan fingerprint density at radius 2 is 1.00 bits per heavy atom. The number of rotatable bonds is 10. The maximum absolute atomic E-state index is 13.8. The number of ether oxygens (including phenoxy) is 4. The third-order valence-electron chi connectivity index (χ3n) is 13.1. The molecule has 4 aliphatic rings. The Bertz CT molecular complexity index is 1420. The van der Waals surface area contributed by atoms with Crippen molar-refractivity contribution in [3.05, 3.63) is 35.9 Å². The van der Waals surface area contributed by atoms with E-state index in [0.29, 0.717) is 30.7 Å². The zero-order valence-corrected chi connectivity index (χ0v) is 32.4. The quantitative estimate of drug-likeness (QED) is 0.102. The maximum atomic E-state index is 13.8. The molecular weight excluding hydrogens is 776 g/mol. The first-order valence-corrected chi connectivity index (χ1v) is 18.9. The Morgan fingerprint density at radius 3 is 1.36 bits per heavy atom. The number of carbonyl (C=O) groups is 1. The molecule has 56 heavy (non-hydrogen) atoms. The topological polar surface area (TPSA) is 54.0 Å². The van der Waals surface area contributed by atoms with Crippen LogP contribution in [-0.2, 0) is 25.6 Å². The zero-order valence-electron chi connectivity index (χ0n) is 32.4. The van der Waals surface area contributed by atoms with Crippen LogP contribution in [0.2, 0.25) is 0 Å². The number of hydrogen-bond donors (Lipinski definition) is 0. The average Bonchev–Trinajstić information content (AvgIpc) is 3.78. The van der Waals surface area contributed by atoms with Crippen molar-refractivity contribution in [2.45, 2.75) is 135 Å². The van der Waals surface area contributed by atoms with Gasteiger partial charge in [-0.25, -0.2) is 4.79 Å². The van der Waals surface area contributed by atoms with Gasteiger partial charge in [0.1, 0.15) is 12.4 Å². The summed E-state index contributed by atoms with van der Waals surface area (Å²) in [6, 6.07) is 8.48. The van der Waals surface area contributed by atoms with Crippen LogP contribution in [0.25, 0.3) is 0 Å². The number of halogens is 12. The second kappa shape index (κ2) is 16.3. The van der Waals surface area contributed by atoms with Crippen LogP contribution in [-0.4, -0.2) is 54.5 Å². The van der Waals surface area contributed by atoms with E-state index in [0.717, 1.165) is 0 Å². The molecule has 0 aromatic heterocycles. The summed E-state index contributed by atoms with van der Waals surface area (Å²) in [6.45, 7) is 10.6. The molecule has 4 aliphatic carbocycles. The standard InChI is InChI=1S/C21H26F6O2.C18H26F6O3/c1-13-14(2)18-9-16(13)8-17(18)10-19(20(22,23)24,21(25,26)27)29-12-28-11-15-6-4-3-5-7-15;1-9-10(2)13-7-11(9)6-12(13)8-16(17(19,20)21,18(22,23)24)27-14(25)26-15(3,4)5/h3-7,13-14,16-18H,8-12H2,1-2H3;9-13H,6-8H2,1-5H3. The highest BCUT2D eigenvalue weighted by molar-refractivity contribution is 5.61. The highest BCUT2D eigenvalue weighted by atomic mass is 19.4. The lowest BCUT2D eigenvalue weighted by Gasteiger charge is -2.41. The Balaban J connectivity index is 0.000000249. The summed E-state index contributed by atoms with van der Waals surface area (Å²) >= 11 is 0. The summed E-state index contributed by atoms with van der Waals surface area (Å²) in [5, 5.41) is 0. The van der Waals surface area contributed by atoms with Crippen molar-refractivity contribution < 1.29 is 76.4 Å². The first-order chi connectivity index (χ1) is 25.4. The van der Waals surface area contributed by atoms with E-state index in [1.54, 1.807) is 30.3 Å². The molecular formula is C39H52F12O5. The molecule has 1 aromatic carbocycles. The largest absolute Gasteiger partial charge is 0.510 e. The molecule has 1 aromatic rings. The first-order valence-electron chi connectivity index (χ1n) is 18.9. The molecule has 17 heteroatoms. The van der Waals surface area contributed by atoms with E-state index < -0.39 is 79.1 Å². The van der Waals surface area contributed by atoms with Gasteiger partial charge in [0.2, 0.25) is 0 Å². The SMILES string of the molecule is CC1C2CC(CC(OC(=O)OC(C)(C)C)(C(F)(F)F)C(F)(F)F)C(C2)C1C.CC1C2CC(CC(OCOCc3ccccc3)(C(F)(F)F)C(F)(F)F)C(C2)C1C. The van der Waals surface area contributed by atoms with Gasteiger partial charge in [-0.2, -0.15) is 52.7 Å². The Hall–Kier alpha value is -2.43. The normalized spacial score (nSPS) is 31.0. The molecule has 5 rings (SSSR count). The van der Waals surface area contributed by atoms with Crippen LogP contribution in [0.3, 0.4) is 0 Å². The predicted octanol–water partition coefficient (Wildman–Crippen LogP) is 12.5. The highest BCUT2D eigenvalue weighted by Crippen LogP contribution is 2.61. The van der Waals surface area contributed by atoms with Gasteiger partial charge >= 0.3 is 36.5 Å². The molecule has 0 amide bonds. The minimum Gasteiger partial charge on any atom is -0.429 e. The Kier molecular flexibility index (Phi) is 13.5. The summed E-state index contributed by atoms with van der Waals surface area (Å²) in [5.74, 6) is -0.799. The van der Waals surface area contributed by atoms with Crippen molar-refractivity contribution in [3.63, 3.8) is 0 Å².